The van der Waals surface area contributed by atoms with E-state index in [1.54, 1.807) is 19.1 Å². The molecular formula is C26H26N2O3S. The summed E-state index contributed by atoms with van der Waals surface area (Å²) < 4.78 is 11.9. The predicted molar refractivity (Wildman–Crippen MR) is 130 cm³/mol. The molecule has 4 rings (SSSR count). The number of aromatic nitrogens is 1. The number of rotatable bonds is 8. The van der Waals surface area contributed by atoms with Crippen LogP contribution in [0.15, 0.2) is 66.7 Å². The third-order valence-electron chi connectivity index (χ3n) is 5.40. The Morgan fingerprint density at radius 2 is 1.53 bits per heavy atom. The van der Waals surface area contributed by atoms with Crippen molar-refractivity contribution >= 4 is 32.6 Å². The van der Waals surface area contributed by atoms with Gasteiger partial charge >= 0.3 is 0 Å². The summed E-state index contributed by atoms with van der Waals surface area (Å²) >= 11 is 1.44. The zero-order valence-corrected chi connectivity index (χ0v) is 19.3. The number of methoxy groups -OCH3 is 2. The van der Waals surface area contributed by atoms with Gasteiger partial charge in [0.15, 0.2) is 5.13 Å². The molecule has 0 fully saturated rings. The van der Waals surface area contributed by atoms with Gasteiger partial charge in [0.25, 0.3) is 0 Å². The monoisotopic (exact) mass is 446 g/mol. The van der Waals surface area contributed by atoms with E-state index >= 15 is 0 Å². The van der Waals surface area contributed by atoms with Crippen molar-refractivity contribution in [2.45, 2.75) is 26.3 Å². The number of anilines is 1. The summed E-state index contributed by atoms with van der Waals surface area (Å²) in [4.78, 5) is 20.0. The van der Waals surface area contributed by atoms with Gasteiger partial charge in [-0.25, -0.2) is 4.98 Å². The molecule has 6 heteroatoms. The van der Waals surface area contributed by atoms with Crippen molar-refractivity contribution in [3.05, 3.63) is 83.4 Å². The third kappa shape index (κ3) is 4.60. The van der Waals surface area contributed by atoms with Gasteiger partial charge in [-0.15, -0.1) is 0 Å². The normalized spacial score (nSPS) is 10.8. The fraction of sp³-hybridized carbons (Fsp3) is 0.231. The van der Waals surface area contributed by atoms with Crippen LogP contribution in [0.2, 0.25) is 0 Å². The van der Waals surface area contributed by atoms with Crippen LogP contribution in [-0.2, 0) is 24.2 Å². The fourth-order valence-electron chi connectivity index (χ4n) is 3.58. The second-order valence-corrected chi connectivity index (χ2v) is 8.43. The van der Waals surface area contributed by atoms with Gasteiger partial charge in [0.05, 0.1) is 27.2 Å². The second-order valence-electron chi connectivity index (χ2n) is 7.46. The number of carbonyl (C=O) groups is 1. The topological polar surface area (TPSA) is 51.7 Å². The van der Waals surface area contributed by atoms with Crippen LogP contribution in [0.25, 0.3) is 10.2 Å². The van der Waals surface area contributed by atoms with Crippen molar-refractivity contribution < 1.29 is 14.3 Å². The number of hydrogen-bond acceptors (Lipinski definition) is 5. The smallest absolute Gasteiger partial charge is 0.233 e. The van der Waals surface area contributed by atoms with Gasteiger partial charge in [0.2, 0.25) is 5.91 Å². The molecule has 0 radical (unpaired) electrons. The Morgan fingerprint density at radius 3 is 2.19 bits per heavy atom. The maximum Gasteiger partial charge on any atom is 0.233 e. The van der Waals surface area contributed by atoms with Crippen LogP contribution in [0, 0.1) is 0 Å². The van der Waals surface area contributed by atoms with Crippen molar-refractivity contribution in [3.63, 3.8) is 0 Å². The molecular weight excluding hydrogens is 420 g/mol. The van der Waals surface area contributed by atoms with Gasteiger partial charge < -0.3 is 9.47 Å². The highest BCUT2D eigenvalue weighted by molar-refractivity contribution is 7.22. The van der Waals surface area contributed by atoms with Crippen molar-refractivity contribution in [2.24, 2.45) is 0 Å². The fourth-order valence-corrected chi connectivity index (χ4v) is 4.67. The lowest BCUT2D eigenvalue weighted by Gasteiger charge is -2.20. The SMILES string of the molecule is CCc1ccc(CC(=O)N(Cc2ccccc2)c2nc3c(OC)ccc(OC)c3s2)cc1. The number of benzene rings is 3. The molecule has 5 nitrogen and oxygen atoms in total. The van der Waals surface area contributed by atoms with E-state index in [1.807, 2.05) is 54.6 Å². The average molecular weight is 447 g/mol. The lowest BCUT2D eigenvalue weighted by Crippen LogP contribution is -2.31. The van der Waals surface area contributed by atoms with Crippen molar-refractivity contribution in [1.29, 1.82) is 0 Å². The lowest BCUT2D eigenvalue weighted by atomic mass is 10.1. The number of ether oxygens (including phenoxy) is 2. The molecule has 0 aliphatic heterocycles. The summed E-state index contributed by atoms with van der Waals surface area (Å²) in [5, 5.41) is 0.627. The molecule has 0 aliphatic rings. The number of amides is 1. The van der Waals surface area contributed by atoms with E-state index in [-0.39, 0.29) is 5.91 Å². The number of hydrogen-bond donors (Lipinski definition) is 0. The summed E-state index contributed by atoms with van der Waals surface area (Å²) in [5.41, 5.74) is 3.99. The first-order valence-corrected chi connectivity index (χ1v) is 11.4. The summed E-state index contributed by atoms with van der Waals surface area (Å²) in [6.07, 6.45) is 1.28. The molecule has 0 saturated carbocycles. The van der Waals surface area contributed by atoms with E-state index in [2.05, 4.69) is 19.1 Å². The molecule has 0 aliphatic carbocycles. The van der Waals surface area contributed by atoms with E-state index in [0.29, 0.717) is 35.1 Å². The molecule has 32 heavy (non-hydrogen) atoms. The number of carbonyl (C=O) groups excluding carboxylic acids is 1. The molecule has 1 heterocycles. The van der Waals surface area contributed by atoms with E-state index in [1.165, 1.54) is 16.9 Å². The van der Waals surface area contributed by atoms with Gasteiger partial charge in [0, 0.05) is 0 Å². The minimum Gasteiger partial charge on any atom is -0.495 e. The minimum atomic E-state index is -0.00455. The largest absolute Gasteiger partial charge is 0.495 e. The van der Waals surface area contributed by atoms with Gasteiger partial charge in [0.1, 0.15) is 21.7 Å². The Morgan fingerprint density at radius 1 is 0.875 bits per heavy atom. The first kappa shape index (κ1) is 21.8. The molecule has 0 atom stereocenters. The summed E-state index contributed by atoms with van der Waals surface area (Å²) in [6.45, 7) is 2.56. The molecule has 1 aromatic heterocycles. The third-order valence-corrected chi connectivity index (χ3v) is 6.49. The van der Waals surface area contributed by atoms with Crippen LogP contribution in [0.1, 0.15) is 23.6 Å². The molecule has 3 aromatic carbocycles. The molecule has 164 valence electrons. The number of thiazole rings is 1. The molecule has 0 N–H and O–H groups in total. The Hall–Kier alpha value is -3.38. The quantitative estimate of drug-likeness (QED) is 0.351. The molecule has 0 spiro atoms. The maximum absolute atomic E-state index is 13.5. The second kappa shape index (κ2) is 9.83. The first-order chi connectivity index (χ1) is 15.6. The summed E-state index contributed by atoms with van der Waals surface area (Å²) in [7, 11) is 3.25. The lowest BCUT2D eigenvalue weighted by molar-refractivity contribution is -0.118. The Bertz CT molecular complexity index is 1160. The van der Waals surface area contributed by atoms with Gasteiger partial charge in [-0.05, 0) is 35.2 Å². The van der Waals surface area contributed by atoms with Crippen molar-refractivity contribution in [2.75, 3.05) is 19.1 Å². The molecule has 0 unspecified atom stereocenters. The van der Waals surface area contributed by atoms with Crippen LogP contribution >= 0.6 is 11.3 Å². The molecule has 1 amide bonds. The van der Waals surface area contributed by atoms with Crippen LogP contribution in [0.3, 0.4) is 0 Å². The average Bonchev–Trinajstić information content (AvgIpc) is 3.28. The number of fused-ring (bicyclic) bond motifs is 1. The van der Waals surface area contributed by atoms with Crippen LogP contribution in [0.4, 0.5) is 5.13 Å². The molecule has 4 aromatic rings. The van der Waals surface area contributed by atoms with Gasteiger partial charge in [-0.3, -0.25) is 9.69 Å². The maximum atomic E-state index is 13.5. The minimum absolute atomic E-state index is 0.00455. The first-order valence-electron chi connectivity index (χ1n) is 10.6. The van der Waals surface area contributed by atoms with E-state index < -0.39 is 0 Å². The van der Waals surface area contributed by atoms with Gasteiger partial charge in [-0.2, -0.15) is 0 Å². The van der Waals surface area contributed by atoms with Crippen molar-refractivity contribution in [3.8, 4) is 11.5 Å². The highest BCUT2D eigenvalue weighted by Gasteiger charge is 2.23. The van der Waals surface area contributed by atoms with Crippen LogP contribution in [0.5, 0.6) is 11.5 Å². The van der Waals surface area contributed by atoms with Crippen molar-refractivity contribution in [1.82, 2.24) is 4.98 Å². The zero-order valence-electron chi connectivity index (χ0n) is 18.5. The molecule has 0 saturated heterocycles. The Balaban J connectivity index is 1.72. The van der Waals surface area contributed by atoms with Crippen LogP contribution < -0.4 is 14.4 Å². The van der Waals surface area contributed by atoms with E-state index in [4.69, 9.17) is 14.5 Å². The number of aryl methyl sites for hydroxylation is 1. The van der Waals surface area contributed by atoms with Crippen LogP contribution in [-0.4, -0.2) is 25.1 Å². The Labute approximate surface area is 192 Å². The highest BCUT2D eigenvalue weighted by Crippen LogP contribution is 2.40. The summed E-state index contributed by atoms with van der Waals surface area (Å²) in [6, 6.07) is 21.9. The Kier molecular flexibility index (Phi) is 6.71. The standard InChI is InChI=1S/C26H26N2O3S/c1-4-18-10-12-19(13-11-18)16-23(29)28(17-20-8-6-5-7-9-20)26-27-24-21(30-2)14-15-22(31-3)25(24)32-26/h5-15H,4,16-17H2,1-3H3. The number of nitrogens with zero attached hydrogens (tertiary/aromatic N) is 2. The molecule has 0 bridgehead atoms. The predicted octanol–water partition coefficient (Wildman–Crippen LogP) is 5.65. The summed E-state index contributed by atoms with van der Waals surface area (Å²) in [5.74, 6) is 1.37. The van der Waals surface area contributed by atoms with E-state index in [9.17, 15) is 4.79 Å². The zero-order chi connectivity index (χ0) is 22.5. The van der Waals surface area contributed by atoms with Gasteiger partial charge in [-0.1, -0.05) is 72.9 Å². The highest BCUT2D eigenvalue weighted by atomic mass is 32.1. The van der Waals surface area contributed by atoms with E-state index in [0.717, 1.165) is 22.2 Å².